The van der Waals surface area contributed by atoms with Crippen molar-refractivity contribution in [1.29, 1.82) is 0 Å². The maximum Gasteiger partial charge on any atom is 0.142 e. The van der Waals surface area contributed by atoms with E-state index in [2.05, 4.69) is 12.2 Å². The summed E-state index contributed by atoms with van der Waals surface area (Å²) in [5.41, 5.74) is 3.10. The number of para-hydroxylation sites is 2. The number of ether oxygens (including phenoxy) is 1. The molecule has 0 unspecified atom stereocenters. The van der Waals surface area contributed by atoms with Gasteiger partial charge in [-0.1, -0.05) is 54.2 Å². The molecule has 0 aromatic heterocycles. The standard InChI is InChI=1S/C15H15NOS/c1-11-7-9-12(10-8-11)15(18)16-13-5-3-4-6-14(13)17-2/h3-10H,1-2H3,(H,16,18). The molecule has 0 aliphatic carbocycles. The molecule has 2 aromatic carbocycles. The van der Waals surface area contributed by atoms with E-state index in [0.717, 1.165) is 17.0 Å². The van der Waals surface area contributed by atoms with Crippen LogP contribution < -0.4 is 10.1 Å². The second kappa shape index (κ2) is 5.65. The van der Waals surface area contributed by atoms with Crippen LogP contribution in [0.1, 0.15) is 11.1 Å². The fourth-order valence-electron chi connectivity index (χ4n) is 1.65. The maximum absolute atomic E-state index is 5.39. The van der Waals surface area contributed by atoms with Crippen LogP contribution in [0, 0.1) is 6.92 Å². The van der Waals surface area contributed by atoms with Crippen LogP contribution in [0.15, 0.2) is 48.5 Å². The molecule has 1 N–H and O–H groups in total. The first-order chi connectivity index (χ1) is 8.70. The third-order valence-electron chi connectivity index (χ3n) is 2.67. The van der Waals surface area contributed by atoms with Crippen LogP contribution in [0.4, 0.5) is 5.69 Å². The van der Waals surface area contributed by atoms with Crippen LogP contribution in [-0.2, 0) is 0 Å². The molecule has 2 aromatic rings. The van der Waals surface area contributed by atoms with Gasteiger partial charge in [0.2, 0.25) is 0 Å². The van der Waals surface area contributed by atoms with Crippen molar-refractivity contribution in [1.82, 2.24) is 0 Å². The first kappa shape index (κ1) is 12.6. The Balaban J connectivity index is 2.18. The Morgan fingerprint density at radius 1 is 1.06 bits per heavy atom. The monoisotopic (exact) mass is 257 g/mol. The third-order valence-corrected chi connectivity index (χ3v) is 3.01. The van der Waals surface area contributed by atoms with Gasteiger partial charge in [0.05, 0.1) is 12.8 Å². The Morgan fingerprint density at radius 2 is 1.72 bits per heavy atom. The number of nitrogens with one attached hydrogen (secondary N) is 1. The number of aryl methyl sites for hydroxylation is 1. The van der Waals surface area contributed by atoms with Crippen molar-refractivity contribution in [2.24, 2.45) is 0 Å². The Bertz CT molecular complexity index is 549. The van der Waals surface area contributed by atoms with Crippen molar-refractivity contribution in [2.45, 2.75) is 6.92 Å². The Kier molecular flexibility index (Phi) is 3.95. The highest BCUT2D eigenvalue weighted by atomic mass is 32.1. The summed E-state index contributed by atoms with van der Waals surface area (Å²) in [5.74, 6) is 0.784. The van der Waals surface area contributed by atoms with Gasteiger partial charge < -0.3 is 10.1 Å². The molecule has 0 bridgehead atoms. The highest BCUT2D eigenvalue weighted by Gasteiger charge is 2.05. The Labute approximate surface area is 113 Å². The number of rotatable bonds is 3. The van der Waals surface area contributed by atoms with E-state index < -0.39 is 0 Å². The number of methoxy groups -OCH3 is 1. The predicted molar refractivity (Wildman–Crippen MR) is 79.5 cm³/mol. The number of thiocarbonyl (C=S) groups is 1. The lowest BCUT2D eigenvalue weighted by molar-refractivity contribution is 0.417. The average Bonchev–Trinajstić information content (AvgIpc) is 2.40. The van der Waals surface area contributed by atoms with Gasteiger partial charge in [-0.25, -0.2) is 0 Å². The predicted octanol–water partition coefficient (Wildman–Crippen LogP) is 3.79. The minimum Gasteiger partial charge on any atom is -0.495 e. The molecule has 0 saturated carbocycles. The summed E-state index contributed by atoms with van der Waals surface area (Å²) in [7, 11) is 1.65. The van der Waals surface area contributed by atoms with Crippen molar-refractivity contribution >= 4 is 22.9 Å². The fourth-order valence-corrected chi connectivity index (χ4v) is 1.89. The van der Waals surface area contributed by atoms with Crippen molar-refractivity contribution in [3.63, 3.8) is 0 Å². The van der Waals surface area contributed by atoms with E-state index >= 15 is 0 Å². The van der Waals surface area contributed by atoms with Crippen LogP contribution in [-0.4, -0.2) is 12.1 Å². The van der Waals surface area contributed by atoms with Crippen LogP contribution in [0.3, 0.4) is 0 Å². The van der Waals surface area contributed by atoms with Crippen LogP contribution in [0.25, 0.3) is 0 Å². The van der Waals surface area contributed by atoms with E-state index in [1.807, 2.05) is 48.5 Å². The first-order valence-electron chi connectivity index (χ1n) is 5.72. The maximum atomic E-state index is 5.39. The molecule has 0 saturated heterocycles. The van der Waals surface area contributed by atoms with Crippen LogP contribution in [0.2, 0.25) is 0 Å². The van der Waals surface area contributed by atoms with E-state index in [4.69, 9.17) is 17.0 Å². The first-order valence-corrected chi connectivity index (χ1v) is 6.12. The van der Waals surface area contributed by atoms with Crippen molar-refractivity contribution < 1.29 is 4.74 Å². The molecule has 0 radical (unpaired) electrons. The molecule has 2 nitrogen and oxygen atoms in total. The van der Waals surface area contributed by atoms with Gasteiger partial charge in [0.25, 0.3) is 0 Å². The quantitative estimate of drug-likeness (QED) is 0.845. The SMILES string of the molecule is COc1ccccc1NC(=S)c1ccc(C)cc1. The van der Waals surface area contributed by atoms with Gasteiger partial charge >= 0.3 is 0 Å². The average molecular weight is 257 g/mol. The van der Waals surface area contributed by atoms with Crippen molar-refractivity contribution in [2.75, 3.05) is 12.4 Å². The van der Waals surface area contributed by atoms with Gasteiger partial charge in [0.1, 0.15) is 10.7 Å². The lowest BCUT2D eigenvalue weighted by Crippen LogP contribution is -2.11. The zero-order valence-corrected chi connectivity index (χ0v) is 11.3. The van der Waals surface area contributed by atoms with Crippen molar-refractivity contribution in [3.05, 3.63) is 59.7 Å². The summed E-state index contributed by atoms with van der Waals surface area (Å²) >= 11 is 5.39. The van der Waals surface area contributed by atoms with Gasteiger partial charge in [-0.3, -0.25) is 0 Å². The second-order valence-electron chi connectivity index (χ2n) is 4.02. The molecule has 0 spiro atoms. The third kappa shape index (κ3) is 2.87. The fraction of sp³-hybridized carbons (Fsp3) is 0.133. The lowest BCUT2D eigenvalue weighted by atomic mass is 10.1. The summed E-state index contributed by atoms with van der Waals surface area (Å²) in [4.78, 5) is 0.694. The van der Waals surface area contributed by atoms with Gasteiger partial charge in [0.15, 0.2) is 0 Å². The molecular weight excluding hydrogens is 242 g/mol. The number of hydrogen-bond donors (Lipinski definition) is 1. The molecule has 18 heavy (non-hydrogen) atoms. The second-order valence-corrected chi connectivity index (χ2v) is 4.43. The summed E-state index contributed by atoms with van der Waals surface area (Å²) in [6, 6.07) is 15.8. The minimum atomic E-state index is 0.694. The van der Waals surface area contributed by atoms with Gasteiger partial charge in [-0.15, -0.1) is 0 Å². The highest BCUT2D eigenvalue weighted by Crippen LogP contribution is 2.23. The minimum absolute atomic E-state index is 0.694. The topological polar surface area (TPSA) is 21.3 Å². The molecule has 0 atom stereocenters. The van der Waals surface area contributed by atoms with Crippen molar-refractivity contribution in [3.8, 4) is 5.75 Å². The summed E-state index contributed by atoms with van der Waals surface area (Å²) < 4.78 is 5.28. The lowest BCUT2D eigenvalue weighted by Gasteiger charge is -2.11. The Morgan fingerprint density at radius 3 is 2.39 bits per heavy atom. The molecule has 0 amide bonds. The smallest absolute Gasteiger partial charge is 0.142 e. The normalized spacial score (nSPS) is 9.89. The van der Waals surface area contributed by atoms with E-state index in [1.54, 1.807) is 7.11 Å². The highest BCUT2D eigenvalue weighted by molar-refractivity contribution is 7.81. The summed E-state index contributed by atoms with van der Waals surface area (Å²) in [5, 5.41) is 3.20. The largest absolute Gasteiger partial charge is 0.495 e. The zero-order chi connectivity index (χ0) is 13.0. The Hall–Kier alpha value is -1.87. The molecule has 0 aliphatic heterocycles. The molecule has 2 rings (SSSR count). The van der Waals surface area contributed by atoms with Crippen LogP contribution >= 0.6 is 12.2 Å². The number of anilines is 1. The number of hydrogen-bond acceptors (Lipinski definition) is 2. The number of benzene rings is 2. The van der Waals surface area contributed by atoms with E-state index in [9.17, 15) is 0 Å². The molecule has 3 heteroatoms. The van der Waals surface area contributed by atoms with E-state index in [0.29, 0.717) is 4.99 Å². The molecule has 0 fully saturated rings. The van der Waals surface area contributed by atoms with Gasteiger partial charge in [-0.05, 0) is 19.1 Å². The molecular formula is C15H15NOS. The molecule has 0 aliphatic rings. The molecule has 0 heterocycles. The summed E-state index contributed by atoms with van der Waals surface area (Å²) in [6.07, 6.45) is 0. The zero-order valence-electron chi connectivity index (χ0n) is 10.4. The van der Waals surface area contributed by atoms with E-state index in [1.165, 1.54) is 5.56 Å². The van der Waals surface area contributed by atoms with Crippen LogP contribution in [0.5, 0.6) is 5.75 Å². The summed E-state index contributed by atoms with van der Waals surface area (Å²) in [6.45, 7) is 2.06. The molecule has 92 valence electrons. The van der Waals surface area contributed by atoms with Gasteiger partial charge in [-0.2, -0.15) is 0 Å². The van der Waals surface area contributed by atoms with Gasteiger partial charge in [0, 0.05) is 5.56 Å². The van der Waals surface area contributed by atoms with E-state index in [-0.39, 0.29) is 0 Å².